The summed E-state index contributed by atoms with van der Waals surface area (Å²) in [5.74, 6) is -0.369. The van der Waals surface area contributed by atoms with Gasteiger partial charge in [-0.15, -0.1) is 13.2 Å². The topological polar surface area (TPSA) is 84.8 Å². The van der Waals surface area contributed by atoms with E-state index < -0.39 is 20.8 Å². The van der Waals surface area contributed by atoms with Gasteiger partial charge in [-0.25, -0.2) is 0 Å². The molecule has 0 bridgehead atoms. The lowest BCUT2D eigenvalue weighted by Gasteiger charge is -2.57. The summed E-state index contributed by atoms with van der Waals surface area (Å²) >= 11 is 0. The molecule has 3 aliphatic rings. The first-order valence-corrected chi connectivity index (χ1v) is 24.5. The van der Waals surface area contributed by atoms with Crippen molar-refractivity contribution in [1.82, 2.24) is 0 Å². The van der Waals surface area contributed by atoms with E-state index in [1.165, 1.54) is 10.8 Å². The number of aliphatic hydroxyl groups is 1. The Labute approximate surface area is 371 Å². The van der Waals surface area contributed by atoms with Gasteiger partial charge < -0.3 is 37.6 Å². The van der Waals surface area contributed by atoms with Crippen LogP contribution in [0.25, 0.3) is 10.8 Å². The molecule has 3 saturated heterocycles. The predicted molar refractivity (Wildman–Crippen MR) is 249 cm³/mol. The van der Waals surface area contributed by atoms with Gasteiger partial charge in [0.05, 0.1) is 69.7 Å². The van der Waals surface area contributed by atoms with Gasteiger partial charge in [0.1, 0.15) is 12.2 Å². The molecule has 0 saturated carbocycles. The molecule has 0 radical (unpaired) electrons. The van der Waals surface area contributed by atoms with Crippen LogP contribution in [0.1, 0.15) is 83.9 Å². The van der Waals surface area contributed by atoms with Gasteiger partial charge in [0.25, 0.3) is 0 Å². The van der Waals surface area contributed by atoms with Crippen LogP contribution < -0.4 is 0 Å². The smallest absolute Gasteiger partial charge is 0.349 e. The number of ether oxygens (including phenoxy) is 5. The molecule has 9 heteroatoms. The van der Waals surface area contributed by atoms with Crippen LogP contribution in [-0.2, 0) is 52.4 Å². The van der Waals surface area contributed by atoms with Crippen LogP contribution in [-0.4, -0.2) is 75.7 Å². The molecule has 334 valence electrons. The molecule has 3 aliphatic heterocycles. The van der Waals surface area contributed by atoms with E-state index in [1.807, 2.05) is 42.5 Å². The highest BCUT2D eigenvalue weighted by atomic mass is 28.4. The first-order valence-electron chi connectivity index (χ1n) is 22.7. The number of hydrogen-bond acceptors (Lipinski definition) is 8. The second-order valence-electron chi connectivity index (χ2n) is 19.7. The molecule has 3 fully saturated rings. The van der Waals surface area contributed by atoms with E-state index in [0.717, 1.165) is 16.7 Å². The second kappa shape index (κ2) is 20.6. The Morgan fingerprint density at radius 1 is 0.710 bits per heavy atom. The zero-order valence-electron chi connectivity index (χ0n) is 37.8. The Bertz CT molecular complexity index is 2010. The number of hydrogen-bond donors (Lipinski definition) is 1. The minimum atomic E-state index is -2.79. The third-order valence-electron chi connectivity index (χ3n) is 13.2. The maximum atomic E-state index is 12.2. The second-order valence-corrected chi connectivity index (χ2v) is 24.4. The Morgan fingerprint density at radius 3 is 1.97 bits per heavy atom. The molecule has 62 heavy (non-hydrogen) atoms. The number of aliphatic hydroxyl groups excluding tert-OH is 1. The summed E-state index contributed by atoms with van der Waals surface area (Å²) in [6, 6.07) is 35.3. The Morgan fingerprint density at radius 2 is 1.32 bits per heavy atom. The van der Waals surface area contributed by atoms with Crippen molar-refractivity contribution < 1.29 is 37.6 Å². The highest BCUT2D eigenvalue weighted by Gasteiger charge is 2.63. The van der Waals surface area contributed by atoms with E-state index in [9.17, 15) is 5.11 Å². The number of rotatable bonds is 17. The van der Waals surface area contributed by atoms with E-state index >= 15 is 0 Å². The monoisotopic (exact) mass is 862 g/mol. The molecule has 1 N–H and O–H groups in total. The van der Waals surface area contributed by atoms with Crippen molar-refractivity contribution in [3.05, 3.63) is 145 Å². The van der Waals surface area contributed by atoms with E-state index in [-0.39, 0.29) is 58.5 Å². The summed E-state index contributed by atoms with van der Waals surface area (Å²) in [6.45, 7) is 23.9. The predicted octanol–water partition coefficient (Wildman–Crippen LogP) is 11.0. The summed E-state index contributed by atoms with van der Waals surface area (Å²) < 4.78 is 48.3. The SMILES string of the molecule is C=CCC(O)C(C[C@H]1O[C@@H](COCc2ccccc2)[C@H](OCc2ccccc2)C[C@@H]1OCc1ccc2ccccc2c1)[C@@H]1C[C@@H]2O[Si](C(C)(C)C)(C(C)(C)C)OC[C@H]2O[C@H]1C=C. The van der Waals surface area contributed by atoms with Crippen molar-refractivity contribution in [2.75, 3.05) is 13.2 Å². The molecule has 0 aromatic heterocycles. The van der Waals surface area contributed by atoms with Gasteiger partial charge in [0.2, 0.25) is 0 Å². The van der Waals surface area contributed by atoms with Crippen LogP contribution in [0.2, 0.25) is 10.1 Å². The van der Waals surface area contributed by atoms with Crippen LogP contribution in [0.4, 0.5) is 0 Å². The molecule has 0 spiro atoms. The van der Waals surface area contributed by atoms with Gasteiger partial charge in [0.15, 0.2) is 0 Å². The first kappa shape index (κ1) is 46.5. The molecule has 2 unspecified atom stereocenters. The molecular formula is C53H70O8Si. The third-order valence-corrected chi connectivity index (χ3v) is 18.4. The van der Waals surface area contributed by atoms with Crippen LogP contribution in [0, 0.1) is 11.8 Å². The molecule has 0 aliphatic carbocycles. The molecule has 10 atom stereocenters. The van der Waals surface area contributed by atoms with Crippen molar-refractivity contribution in [2.45, 2.75) is 146 Å². The maximum absolute atomic E-state index is 12.2. The zero-order valence-corrected chi connectivity index (χ0v) is 38.8. The van der Waals surface area contributed by atoms with Crippen molar-refractivity contribution in [3.63, 3.8) is 0 Å². The molecule has 4 aromatic carbocycles. The largest absolute Gasteiger partial charge is 0.393 e. The molecular weight excluding hydrogens is 793 g/mol. The number of fused-ring (bicyclic) bond motifs is 2. The molecule has 4 aromatic rings. The van der Waals surface area contributed by atoms with Crippen molar-refractivity contribution in [3.8, 4) is 0 Å². The Balaban J connectivity index is 1.19. The fourth-order valence-electron chi connectivity index (χ4n) is 10.3. The van der Waals surface area contributed by atoms with Gasteiger partial charge in [0, 0.05) is 16.5 Å². The first-order chi connectivity index (χ1) is 29.8. The van der Waals surface area contributed by atoms with Crippen molar-refractivity contribution >= 4 is 19.3 Å². The fraction of sp³-hybridized carbons (Fsp3) is 0.509. The average Bonchev–Trinajstić information content (AvgIpc) is 3.26. The van der Waals surface area contributed by atoms with Crippen LogP contribution >= 0.6 is 0 Å². The summed E-state index contributed by atoms with van der Waals surface area (Å²) in [6.07, 6.45) is 3.08. The fourth-order valence-corrected chi connectivity index (χ4v) is 15.2. The maximum Gasteiger partial charge on any atom is 0.349 e. The van der Waals surface area contributed by atoms with Crippen LogP contribution in [0.15, 0.2) is 128 Å². The van der Waals surface area contributed by atoms with Gasteiger partial charge in [-0.2, -0.15) is 0 Å². The van der Waals surface area contributed by atoms with E-state index in [1.54, 1.807) is 6.08 Å². The van der Waals surface area contributed by atoms with E-state index in [4.69, 9.17) is 32.5 Å². The Kier molecular flexibility index (Phi) is 15.4. The molecule has 8 nitrogen and oxygen atoms in total. The summed E-state index contributed by atoms with van der Waals surface area (Å²) in [5.41, 5.74) is 3.27. The van der Waals surface area contributed by atoms with Crippen molar-refractivity contribution in [2.24, 2.45) is 11.8 Å². The highest BCUT2D eigenvalue weighted by molar-refractivity contribution is 6.73. The lowest BCUT2D eigenvalue weighted by atomic mass is 9.73. The molecule has 0 amide bonds. The lowest BCUT2D eigenvalue weighted by molar-refractivity contribution is -0.227. The van der Waals surface area contributed by atoms with Gasteiger partial charge in [-0.05, 0) is 64.6 Å². The third kappa shape index (κ3) is 10.9. The van der Waals surface area contributed by atoms with Crippen LogP contribution in [0.3, 0.4) is 0 Å². The van der Waals surface area contributed by atoms with Crippen LogP contribution in [0.5, 0.6) is 0 Å². The standard InChI is InChI=1S/C53H70O8Si/c1-9-19-44(54)42(43-30-49-51(59-45(43)10-2)36-58-62(61-49,52(3,4)5)53(6,7)8)29-48-46(57-34-39-26-27-40-24-17-18-25-41(40)28-39)31-47(56-33-38-22-15-12-16-23-38)50(60-48)35-55-32-37-20-13-11-14-21-37/h9-18,20-28,42-51,54H,1-2,19,29-36H2,3-8H3/t42?,43-,44?,45-,46-,47+,48+,49-,50-,51+/m0/s1. The quantitative estimate of drug-likeness (QED) is 0.0830. The summed E-state index contributed by atoms with van der Waals surface area (Å²) in [5, 5.41) is 14.2. The number of benzene rings is 4. The Hall–Kier alpha value is -3.48. The average molecular weight is 863 g/mol. The minimum absolute atomic E-state index is 0.113. The van der Waals surface area contributed by atoms with Crippen molar-refractivity contribution in [1.29, 1.82) is 0 Å². The normalized spacial score (nSPS) is 27.5. The van der Waals surface area contributed by atoms with E-state index in [2.05, 4.69) is 121 Å². The summed E-state index contributed by atoms with van der Waals surface area (Å²) in [4.78, 5) is 0. The lowest BCUT2D eigenvalue weighted by Crippen LogP contribution is -2.67. The summed E-state index contributed by atoms with van der Waals surface area (Å²) in [7, 11) is -2.79. The minimum Gasteiger partial charge on any atom is -0.393 e. The van der Waals surface area contributed by atoms with Gasteiger partial charge in [-0.1, -0.05) is 151 Å². The van der Waals surface area contributed by atoms with E-state index in [0.29, 0.717) is 58.7 Å². The highest BCUT2D eigenvalue weighted by Crippen LogP contribution is 2.56. The molecule has 3 heterocycles. The zero-order chi connectivity index (χ0) is 43.9. The van der Waals surface area contributed by atoms with Gasteiger partial charge in [-0.3, -0.25) is 0 Å². The van der Waals surface area contributed by atoms with Gasteiger partial charge >= 0.3 is 8.56 Å². The molecule has 7 rings (SSSR count).